The van der Waals surface area contributed by atoms with Gasteiger partial charge in [-0.1, -0.05) is 6.07 Å². The molecule has 2 heterocycles. The molecule has 0 saturated carbocycles. The number of aliphatic carboxylic acids is 1. The van der Waals surface area contributed by atoms with E-state index in [0.717, 1.165) is 12.8 Å². The quantitative estimate of drug-likeness (QED) is 0.781. The van der Waals surface area contributed by atoms with Crippen LogP contribution in [0.4, 0.5) is 4.79 Å². The van der Waals surface area contributed by atoms with Gasteiger partial charge >= 0.3 is 12.0 Å². The van der Waals surface area contributed by atoms with Crippen LogP contribution < -0.4 is 5.32 Å². The first kappa shape index (κ1) is 14.8. The van der Waals surface area contributed by atoms with Crippen molar-refractivity contribution in [3.05, 3.63) is 22.4 Å². The molecule has 0 radical (unpaired) electrons. The summed E-state index contributed by atoms with van der Waals surface area (Å²) in [5.74, 6) is -0.822. The van der Waals surface area contributed by atoms with Gasteiger partial charge in [0, 0.05) is 24.6 Å². The van der Waals surface area contributed by atoms with E-state index >= 15 is 0 Å². The number of nitrogens with one attached hydrogen (secondary N) is 1. The molecule has 0 aliphatic carbocycles. The number of carboxylic acids is 1. The molecular weight excluding hydrogens is 280 g/mol. The largest absolute Gasteiger partial charge is 0.479 e. The molecule has 1 aromatic heterocycles. The SMILES string of the molecule is O=C(O)C(NC(=O)N1CCC(CO)CC1)c1cccs1. The van der Waals surface area contributed by atoms with Crippen LogP contribution in [0.25, 0.3) is 0 Å². The number of likely N-dealkylation sites (tertiary alicyclic amines) is 1. The van der Waals surface area contributed by atoms with E-state index in [2.05, 4.69) is 5.32 Å². The van der Waals surface area contributed by atoms with E-state index in [9.17, 15) is 14.7 Å². The summed E-state index contributed by atoms with van der Waals surface area (Å²) in [6.45, 7) is 1.24. The highest BCUT2D eigenvalue weighted by Crippen LogP contribution is 2.21. The molecule has 0 bridgehead atoms. The van der Waals surface area contributed by atoms with E-state index in [4.69, 9.17) is 5.11 Å². The zero-order valence-electron chi connectivity index (χ0n) is 11.0. The first-order valence-electron chi connectivity index (χ1n) is 6.54. The number of carbonyl (C=O) groups excluding carboxylic acids is 1. The van der Waals surface area contributed by atoms with E-state index < -0.39 is 12.0 Å². The predicted molar refractivity (Wildman–Crippen MR) is 74.6 cm³/mol. The summed E-state index contributed by atoms with van der Waals surface area (Å²) in [6.07, 6.45) is 1.50. The van der Waals surface area contributed by atoms with Gasteiger partial charge in [0.25, 0.3) is 0 Å². The lowest BCUT2D eigenvalue weighted by molar-refractivity contribution is -0.139. The van der Waals surface area contributed by atoms with Gasteiger partial charge in [0.1, 0.15) is 0 Å². The van der Waals surface area contributed by atoms with Gasteiger partial charge in [-0.25, -0.2) is 9.59 Å². The normalized spacial score (nSPS) is 17.8. The Morgan fingerprint density at radius 1 is 1.45 bits per heavy atom. The van der Waals surface area contributed by atoms with Gasteiger partial charge in [-0.05, 0) is 30.2 Å². The fourth-order valence-corrected chi connectivity index (χ4v) is 3.01. The number of rotatable bonds is 4. The van der Waals surface area contributed by atoms with Crippen LogP contribution in [0.1, 0.15) is 23.8 Å². The maximum Gasteiger partial charge on any atom is 0.331 e. The van der Waals surface area contributed by atoms with Crippen molar-refractivity contribution in [3.8, 4) is 0 Å². The summed E-state index contributed by atoms with van der Waals surface area (Å²) in [7, 11) is 0. The van der Waals surface area contributed by atoms with Crippen LogP contribution in [0.3, 0.4) is 0 Å². The van der Waals surface area contributed by atoms with Crippen LogP contribution >= 0.6 is 11.3 Å². The van der Waals surface area contributed by atoms with E-state index in [1.165, 1.54) is 11.3 Å². The third-order valence-corrected chi connectivity index (χ3v) is 4.44. The maximum atomic E-state index is 12.1. The number of hydrogen-bond acceptors (Lipinski definition) is 4. The van der Waals surface area contributed by atoms with Crippen molar-refractivity contribution >= 4 is 23.3 Å². The molecule has 1 fully saturated rings. The molecule has 110 valence electrons. The standard InChI is InChI=1S/C13H18N2O4S/c16-8-9-3-5-15(6-4-9)13(19)14-11(12(17)18)10-2-1-7-20-10/h1-2,7,9,11,16H,3-6,8H2,(H,14,19)(H,17,18). The average molecular weight is 298 g/mol. The molecule has 6 nitrogen and oxygen atoms in total. The van der Waals surface area contributed by atoms with Crippen molar-refractivity contribution in [1.82, 2.24) is 10.2 Å². The van der Waals surface area contributed by atoms with Gasteiger partial charge < -0.3 is 20.4 Å². The molecule has 1 atom stereocenters. The number of carboxylic acid groups (broad SMARTS) is 1. The summed E-state index contributed by atoms with van der Waals surface area (Å²) in [5.41, 5.74) is 0. The van der Waals surface area contributed by atoms with Gasteiger partial charge in [-0.3, -0.25) is 0 Å². The molecule has 7 heteroatoms. The Bertz CT molecular complexity index is 455. The fourth-order valence-electron chi connectivity index (χ4n) is 2.24. The molecule has 2 rings (SSSR count). The Hall–Kier alpha value is -1.60. The predicted octanol–water partition coefficient (Wildman–Crippen LogP) is 1.29. The van der Waals surface area contributed by atoms with Gasteiger partial charge in [-0.2, -0.15) is 0 Å². The Kier molecular flexibility index (Phi) is 4.97. The second-order valence-electron chi connectivity index (χ2n) is 4.85. The number of hydrogen-bond donors (Lipinski definition) is 3. The highest BCUT2D eigenvalue weighted by atomic mass is 32.1. The number of nitrogens with zero attached hydrogens (tertiary/aromatic N) is 1. The van der Waals surface area contributed by atoms with Crippen LogP contribution in [0, 0.1) is 5.92 Å². The monoisotopic (exact) mass is 298 g/mol. The van der Waals surface area contributed by atoms with Gasteiger partial charge in [0.05, 0.1) is 0 Å². The van der Waals surface area contributed by atoms with Crippen molar-refractivity contribution in [2.45, 2.75) is 18.9 Å². The zero-order chi connectivity index (χ0) is 14.5. The van der Waals surface area contributed by atoms with Crippen LogP contribution in [0.2, 0.25) is 0 Å². The number of aliphatic hydroxyl groups excluding tert-OH is 1. The van der Waals surface area contributed by atoms with E-state index in [-0.39, 0.29) is 18.6 Å². The van der Waals surface area contributed by atoms with Crippen molar-refractivity contribution in [1.29, 1.82) is 0 Å². The first-order chi connectivity index (χ1) is 9.61. The molecule has 2 amide bonds. The lowest BCUT2D eigenvalue weighted by atomic mass is 9.98. The molecule has 0 spiro atoms. The number of carbonyl (C=O) groups is 2. The number of aliphatic hydroxyl groups is 1. The van der Waals surface area contributed by atoms with E-state index in [1.807, 2.05) is 0 Å². The lowest BCUT2D eigenvalue weighted by Gasteiger charge is -2.31. The number of piperidine rings is 1. The topological polar surface area (TPSA) is 89.9 Å². The molecule has 20 heavy (non-hydrogen) atoms. The van der Waals surface area contributed by atoms with Crippen molar-refractivity contribution < 1.29 is 19.8 Å². The summed E-state index contributed by atoms with van der Waals surface area (Å²) in [6, 6.07) is 2.09. The number of thiophene rings is 1. The highest BCUT2D eigenvalue weighted by Gasteiger charge is 2.27. The molecule has 1 aromatic rings. The van der Waals surface area contributed by atoms with E-state index in [1.54, 1.807) is 22.4 Å². The molecule has 0 aromatic carbocycles. The lowest BCUT2D eigenvalue weighted by Crippen LogP contribution is -2.47. The summed E-state index contributed by atoms with van der Waals surface area (Å²) < 4.78 is 0. The molecular formula is C13H18N2O4S. The zero-order valence-corrected chi connectivity index (χ0v) is 11.8. The third kappa shape index (κ3) is 3.49. The van der Waals surface area contributed by atoms with Gasteiger partial charge in [-0.15, -0.1) is 11.3 Å². The Balaban J connectivity index is 1.94. The number of amides is 2. The van der Waals surface area contributed by atoms with Crippen LogP contribution in [0.15, 0.2) is 17.5 Å². The van der Waals surface area contributed by atoms with Crippen LogP contribution in [0.5, 0.6) is 0 Å². The van der Waals surface area contributed by atoms with Gasteiger partial charge in [0.15, 0.2) is 6.04 Å². The second-order valence-corrected chi connectivity index (χ2v) is 5.83. The number of urea groups is 1. The first-order valence-corrected chi connectivity index (χ1v) is 7.42. The van der Waals surface area contributed by atoms with E-state index in [0.29, 0.717) is 18.0 Å². The third-order valence-electron chi connectivity index (χ3n) is 3.50. The molecule has 3 N–H and O–H groups in total. The van der Waals surface area contributed by atoms with Crippen molar-refractivity contribution in [3.63, 3.8) is 0 Å². The minimum Gasteiger partial charge on any atom is -0.479 e. The van der Waals surface area contributed by atoms with Crippen LogP contribution in [-0.4, -0.2) is 46.8 Å². The summed E-state index contributed by atoms with van der Waals surface area (Å²) >= 11 is 1.30. The summed E-state index contributed by atoms with van der Waals surface area (Å²) in [4.78, 5) is 25.6. The van der Waals surface area contributed by atoms with Gasteiger partial charge in [0.2, 0.25) is 0 Å². The second kappa shape index (κ2) is 6.71. The highest BCUT2D eigenvalue weighted by molar-refractivity contribution is 7.10. The molecule has 1 aliphatic rings. The molecule has 1 aliphatic heterocycles. The molecule has 1 saturated heterocycles. The Morgan fingerprint density at radius 2 is 2.15 bits per heavy atom. The smallest absolute Gasteiger partial charge is 0.331 e. The maximum absolute atomic E-state index is 12.1. The summed E-state index contributed by atoms with van der Waals surface area (Å²) in [5, 5.41) is 22.6. The van der Waals surface area contributed by atoms with Crippen LogP contribution in [-0.2, 0) is 4.79 Å². The minimum atomic E-state index is -1.06. The average Bonchev–Trinajstić information content (AvgIpc) is 2.98. The molecule has 1 unspecified atom stereocenters. The van der Waals surface area contributed by atoms with Crippen molar-refractivity contribution in [2.24, 2.45) is 5.92 Å². The Morgan fingerprint density at radius 3 is 2.65 bits per heavy atom. The minimum absolute atomic E-state index is 0.141. The fraction of sp³-hybridized carbons (Fsp3) is 0.538. The van der Waals surface area contributed by atoms with Crippen molar-refractivity contribution in [2.75, 3.05) is 19.7 Å². The Labute approximate surface area is 121 Å².